The molecule has 41 heavy (non-hydrogen) atoms. The molecule has 15 nitrogen and oxygen atoms in total. The number of carboxylic acid groups (broad SMARTS) is 1. The van der Waals surface area contributed by atoms with E-state index >= 15 is 0 Å². The highest BCUT2D eigenvalue weighted by atomic mass is 16.6. The SMILES string of the molecule is CCC[C@H](NC(=O)[C@@H]1CCCN1C(=O)[C@H](C)NC(=O)[C@@H](C)NC(=O)CCC(=O)O)C(=O)Nc1ccc([N+](=O)[O-])cc1. The second-order valence-corrected chi connectivity index (χ2v) is 9.75. The third-order valence-corrected chi connectivity index (χ3v) is 6.46. The van der Waals surface area contributed by atoms with Gasteiger partial charge >= 0.3 is 5.97 Å². The van der Waals surface area contributed by atoms with Gasteiger partial charge in [-0.25, -0.2) is 0 Å². The molecule has 5 amide bonds. The Labute approximate surface area is 236 Å². The number of hydrogen-bond donors (Lipinski definition) is 5. The van der Waals surface area contributed by atoms with E-state index < -0.39 is 64.6 Å². The van der Waals surface area contributed by atoms with Crippen LogP contribution in [0.3, 0.4) is 0 Å². The summed E-state index contributed by atoms with van der Waals surface area (Å²) in [6, 6.07) is 1.45. The minimum atomic E-state index is -1.15. The third kappa shape index (κ3) is 9.85. The number of carbonyl (C=O) groups is 6. The summed E-state index contributed by atoms with van der Waals surface area (Å²) in [5.74, 6) is -3.96. The molecule has 1 aliphatic rings. The first-order valence-electron chi connectivity index (χ1n) is 13.3. The van der Waals surface area contributed by atoms with E-state index in [0.29, 0.717) is 31.4 Å². The van der Waals surface area contributed by atoms with E-state index in [9.17, 15) is 38.9 Å². The van der Waals surface area contributed by atoms with E-state index in [1.807, 2.05) is 6.92 Å². The molecule has 15 heteroatoms. The van der Waals surface area contributed by atoms with Gasteiger partial charge in [-0.1, -0.05) is 13.3 Å². The monoisotopic (exact) mass is 576 g/mol. The van der Waals surface area contributed by atoms with Gasteiger partial charge in [0.25, 0.3) is 5.69 Å². The van der Waals surface area contributed by atoms with Gasteiger partial charge in [-0.2, -0.15) is 0 Å². The van der Waals surface area contributed by atoms with Crippen molar-refractivity contribution in [2.24, 2.45) is 0 Å². The Kier molecular flexibility index (Phi) is 12.2. The zero-order chi connectivity index (χ0) is 30.7. The minimum Gasteiger partial charge on any atom is -0.481 e. The number of nitrogens with one attached hydrogen (secondary N) is 4. The molecule has 1 heterocycles. The quantitative estimate of drug-likeness (QED) is 0.155. The van der Waals surface area contributed by atoms with E-state index in [-0.39, 0.29) is 25.1 Å². The normalized spacial score (nSPS) is 16.6. The van der Waals surface area contributed by atoms with Gasteiger partial charge in [-0.15, -0.1) is 0 Å². The predicted octanol–water partition coefficient (Wildman–Crippen LogP) is 0.683. The van der Waals surface area contributed by atoms with Gasteiger partial charge in [0, 0.05) is 30.8 Å². The van der Waals surface area contributed by atoms with E-state index in [4.69, 9.17) is 5.11 Å². The molecule has 1 saturated heterocycles. The molecule has 0 spiro atoms. The number of hydrogen-bond acceptors (Lipinski definition) is 8. The number of amides is 5. The Morgan fingerprint density at radius 3 is 2.24 bits per heavy atom. The molecule has 0 radical (unpaired) electrons. The molecule has 2 rings (SSSR count). The number of anilines is 1. The van der Waals surface area contributed by atoms with Crippen LogP contribution in [0, 0.1) is 10.1 Å². The lowest BCUT2D eigenvalue weighted by Crippen LogP contribution is -2.56. The molecule has 1 fully saturated rings. The van der Waals surface area contributed by atoms with Crippen molar-refractivity contribution in [2.75, 3.05) is 11.9 Å². The predicted molar refractivity (Wildman–Crippen MR) is 145 cm³/mol. The molecule has 224 valence electrons. The van der Waals surface area contributed by atoms with Crippen molar-refractivity contribution in [3.63, 3.8) is 0 Å². The molecule has 1 aromatic carbocycles. The van der Waals surface area contributed by atoms with Crippen LogP contribution in [0.5, 0.6) is 0 Å². The number of benzene rings is 1. The summed E-state index contributed by atoms with van der Waals surface area (Å²) in [7, 11) is 0. The summed E-state index contributed by atoms with van der Waals surface area (Å²) in [6.45, 7) is 4.95. The summed E-state index contributed by atoms with van der Waals surface area (Å²) >= 11 is 0. The average molecular weight is 577 g/mol. The first-order valence-corrected chi connectivity index (χ1v) is 13.3. The molecular weight excluding hydrogens is 540 g/mol. The number of nitrogens with zero attached hydrogens (tertiary/aromatic N) is 2. The lowest BCUT2D eigenvalue weighted by molar-refractivity contribution is -0.384. The van der Waals surface area contributed by atoms with Gasteiger partial charge in [0.05, 0.1) is 11.3 Å². The van der Waals surface area contributed by atoms with Gasteiger partial charge in [0.1, 0.15) is 24.2 Å². The molecule has 1 aromatic rings. The van der Waals surface area contributed by atoms with Gasteiger partial charge in [-0.05, 0) is 45.2 Å². The standard InChI is InChI=1S/C26H36N6O9/c1-4-6-19(24(37)29-17-8-10-18(11-9-17)32(40)41)30-25(38)20-7-5-14-31(20)26(39)16(3)28-23(36)15(2)27-21(33)12-13-22(34)35/h8-11,15-16,19-20H,4-7,12-14H2,1-3H3,(H,27,33)(H,28,36)(H,29,37)(H,30,38)(H,34,35)/t15-,16+,19+,20+/m1/s1. The molecule has 0 aliphatic carbocycles. The summed E-state index contributed by atoms with van der Waals surface area (Å²) < 4.78 is 0. The van der Waals surface area contributed by atoms with Crippen molar-refractivity contribution >= 4 is 46.9 Å². The maximum Gasteiger partial charge on any atom is 0.303 e. The molecule has 5 N–H and O–H groups in total. The molecule has 0 aromatic heterocycles. The van der Waals surface area contributed by atoms with Crippen LogP contribution in [0.15, 0.2) is 24.3 Å². The Morgan fingerprint density at radius 2 is 1.66 bits per heavy atom. The number of likely N-dealkylation sites (tertiary alicyclic amines) is 1. The van der Waals surface area contributed by atoms with Crippen LogP contribution in [0.4, 0.5) is 11.4 Å². The van der Waals surface area contributed by atoms with Crippen molar-refractivity contribution in [1.82, 2.24) is 20.9 Å². The molecule has 0 bridgehead atoms. The number of aliphatic carboxylic acids is 1. The first-order chi connectivity index (χ1) is 19.3. The van der Waals surface area contributed by atoms with Crippen molar-refractivity contribution in [3.05, 3.63) is 34.4 Å². The summed E-state index contributed by atoms with van der Waals surface area (Å²) in [4.78, 5) is 85.7. The lowest BCUT2D eigenvalue weighted by atomic mass is 10.1. The molecule has 4 atom stereocenters. The van der Waals surface area contributed by atoms with Crippen LogP contribution in [0.1, 0.15) is 59.3 Å². The number of rotatable bonds is 14. The van der Waals surface area contributed by atoms with Gasteiger partial charge < -0.3 is 31.3 Å². The number of carboxylic acids is 1. The zero-order valence-electron chi connectivity index (χ0n) is 23.2. The van der Waals surface area contributed by atoms with Crippen LogP contribution in [-0.4, -0.2) is 81.1 Å². The van der Waals surface area contributed by atoms with E-state index in [2.05, 4.69) is 21.3 Å². The summed E-state index contributed by atoms with van der Waals surface area (Å²) in [5, 5.41) is 29.7. The highest BCUT2D eigenvalue weighted by Crippen LogP contribution is 2.20. The number of nitro benzene ring substituents is 1. The largest absolute Gasteiger partial charge is 0.481 e. The van der Waals surface area contributed by atoms with Crippen LogP contribution >= 0.6 is 0 Å². The van der Waals surface area contributed by atoms with Crippen molar-refractivity contribution in [3.8, 4) is 0 Å². The van der Waals surface area contributed by atoms with Crippen LogP contribution in [0.25, 0.3) is 0 Å². The van der Waals surface area contributed by atoms with Crippen molar-refractivity contribution in [2.45, 2.75) is 83.5 Å². The lowest BCUT2D eigenvalue weighted by Gasteiger charge is -2.29. The number of carbonyl (C=O) groups excluding carboxylic acids is 5. The Bertz CT molecular complexity index is 1160. The number of non-ortho nitro benzene ring substituents is 1. The topological polar surface area (TPSA) is 217 Å². The second kappa shape index (κ2) is 15.3. The Morgan fingerprint density at radius 1 is 1.00 bits per heavy atom. The summed E-state index contributed by atoms with van der Waals surface area (Å²) in [6.07, 6.45) is 1.10. The zero-order valence-corrected chi connectivity index (χ0v) is 23.2. The minimum absolute atomic E-state index is 0.132. The van der Waals surface area contributed by atoms with Crippen LogP contribution < -0.4 is 21.3 Å². The highest BCUT2D eigenvalue weighted by molar-refractivity contribution is 5.99. The third-order valence-electron chi connectivity index (χ3n) is 6.46. The molecule has 0 unspecified atom stereocenters. The first kappa shape index (κ1) is 32.7. The Balaban J connectivity index is 1.97. The van der Waals surface area contributed by atoms with Gasteiger partial charge in [0.15, 0.2) is 0 Å². The van der Waals surface area contributed by atoms with E-state index in [0.717, 1.165) is 0 Å². The molecular formula is C26H36N6O9. The second-order valence-electron chi connectivity index (χ2n) is 9.75. The molecule has 1 aliphatic heterocycles. The fourth-order valence-corrected chi connectivity index (χ4v) is 4.27. The van der Waals surface area contributed by atoms with Crippen molar-refractivity contribution < 1.29 is 38.8 Å². The van der Waals surface area contributed by atoms with Gasteiger partial charge in [-0.3, -0.25) is 38.9 Å². The summed E-state index contributed by atoms with van der Waals surface area (Å²) in [5.41, 5.74) is 0.193. The van der Waals surface area contributed by atoms with Crippen molar-refractivity contribution in [1.29, 1.82) is 0 Å². The van der Waals surface area contributed by atoms with Crippen LogP contribution in [0.2, 0.25) is 0 Å². The van der Waals surface area contributed by atoms with Crippen LogP contribution in [-0.2, 0) is 28.8 Å². The average Bonchev–Trinajstić information content (AvgIpc) is 3.41. The maximum atomic E-state index is 13.2. The van der Waals surface area contributed by atoms with E-state index in [1.54, 1.807) is 0 Å². The smallest absolute Gasteiger partial charge is 0.303 e. The fourth-order valence-electron chi connectivity index (χ4n) is 4.27. The maximum absolute atomic E-state index is 13.2. The highest BCUT2D eigenvalue weighted by Gasteiger charge is 2.38. The Hall–Kier alpha value is -4.56. The molecule has 0 saturated carbocycles. The number of nitro groups is 1. The fraction of sp³-hybridized carbons (Fsp3) is 0.538. The van der Waals surface area contributed by atoms with Gasteiger partial charge in [0.2, 0.25) is 29.5 Å². The van der Waals surface area contributed by atoms with E-state index in [1.165, 1.54) is 43.0 Å².